The average Bonchev–Trinajstić information content (AvgIpc) is 2.72. The lowest BCUT2D eigenvalue weighted by Gasteiger charge is -2.17. The second-order valence-corrected chi connectivity index (χ2v) is 6.52. The highest BCUT2D eigenvalue weighted by Gasteiger charge is 2.21. The van der Waals surface area contributed by atoms with Crippen molar-refractivity contribution in [1.82, 2.24) is 10.2 Å². The van der Waals surface area contributed by atoms with Crippen LogP contribution in [-0.4, -0.2) is 58.1 Å². The van der Waals surface area contributed by atoms with Crippen LogP contribution in [0.15, 0.2) is 48.5 Å². The van der Waals surface area contributed by atoms with Crippen molar-refractivity contribution in [3.05, 3.63) is 59.7 Å². The van der Waals surface area contributed by atoms with Crippen molar-refractivity contribution in [2.24, 2.45) is 0 Å². The van der Waals surface area contributed by atoms with Crippen LogP contribution < -0.4 is 20.1 Å². The number of hydrogen-bond donors (Lipinski definition) is 2. The highest BCUT2D eigenvalue weighted by Crippen LogP contribution is 2.38. The predicted molar refractivity (Wildman–Crippen MR) is 115 cm³/mol. The van der Waals surface area contributed by atoms with E-state index in [2.05, 4.69) is 10.6 Å². The molecule has 2 aromatic rings. The number of likely N-dealkylation sites (N-methyl/N-ethyl adjacent to an activating group) is 1. The standard InChI is InChI=1S/C22H27N3O4/c1-25(2)15-14-23-22(27)17-11-12-18(28-3)21(29-4)20(17)24-19(26)13-10-16-8-6-5-7-9-16/h5-13H,14-15H2,1-4H3,(H,23,27)(H,24,26). The Labute approximate surface area is 171 Å². The van der Waals surface area contributed by atoms with E-state index in [0.717, 1.165) is 5.56 Å². The van der Waals surface area contributed by atoms with E-state index in [1.165, 1.54) is 20.3 Å². The van der Waals surface area contributed by atoms with Gasteiger partial charge in [-0.1, -0.05) is 30.3 Å². The minimum absolute atomic E-state index is 0.261. The van der Waals surface area contributed by atoms with Crippen molar-refractivity contribution in [3.63, 3.8) is 0 Å². The van der Waals surface area contributed by atoms with Crippen molar-refractivity contribution >= 4 is 23.6 Å². The molecule has 0 aromatic heterocycles. The van der Waals surface area contributed by atoms with E-state index in [-0.39, 0.29) is 23.3 Å². The molecule has 0 aliphatic heterocycles. The third-order valence-electron chi connectivity index (χ3n) is 4.11. The van der Waals surface area contributed by atoms with E-state index in [1.54, 1.807) is 18.2 Å². The smallest absolute Gasteiger partial charge is 0.253 e. The third-order valence-corrected chi connectivity index (χ3v) is 4.11. The zero-order chi connectivity index (χ0) is 21.2. The van der Waals surface area contributed by atoms with Gasteiger partial charge in [-0.15, -0.1) is 0 Å². The molecule has 2 aromatic carbocycles. The van der Waals surface area contributed by atoms with Crippen LogP contribution in [0.25, 0.3) is 6.08 Å². The van der Waals surface area contributed by atoms with Crippen molar-refractivity contribution in [1.29, 1.82) is 0 Å². The Morgan fingerprint density at radius 1 is 1.03 bits per heavy atom. The molecule has 0 saturated heterocycles. The van der Waals surface area contributed by atoms with E-state index in [0.29, 0.717) is 24.4 Å². The Morgan fingerprint density at radius 2 is 1.76 bits per heavy atom. The highest BCUT2D eigenvalue weighted by atomic mass is 16.5. The van der Waals surface area contributed by atoms with Crippen LogP contribution in [-0.2, 0) is 4.79 Å². The van der Waals surface area contributed by atoms with E-state index in [4.69, 9.17) is 9.47 Å². The number of amides is 2. The molecule has 7 nitrogen and oxygen atoms in total. The molecule has 7 heteroatoms. The van der Waals surface area contributed by atoms with Crippen LogP contribution in [0, 0.1) is 0 Å². The Bertz CT molecular complexity index is 864. The number of rotatable bonds is 9. The Kier molecular flexibility index (Phi) is 8.24. The van der Waals surface area contributed by atoms with Gasteiger partial charge in [0.15, 0.2) is 11.5 Å². The number of carbonyl (C=O) groups excluding carboxylic acids is 2. The number of nitrogens with zero attached hydrogens (tertiary/aromatic N) is 1. The number of carbonyl (C=O) groups is 2. The quantitative estimate of drug-likeness (QED) is 0.636. The van der Waals surface area contributed by atoms with Gasteiger partial charge < -0.3 is 25.0 Å². The van der Waals surface area contributed by atoms with Crippen LogP contribution in [0.4, 0.5) is 5.69 Å². The molecule has 2 N–H and O–H groups in total. The summed E-state index contributed by atoms with van der Waals surface area (Å²) in [5.74, 6) is 0.00629. The van der Waals surface area contributed by atoms with Gasteiger partial charge in [-0.3, -0.25) is 9.59 Å². The molecule has 0 aliphatic carbocycles. The second-order valence-electron chi connectivity index (χ2n) is 6.52. The maximum absolute atomic E-state index is 12.7. The zero-order valence-electron chi connectivity index (χ0n) is 17.2. The average molecular weight is 397 g/mol. The van der Waals surface area contributed by atoms with E-state index in [1.807, 2.05) is 49.3 Å². The fraction of sp³-hybridized carbons (Fsp3) is 0.273. The molecular formula is C22H27N3O4. The zero-order valence-corrected chi connectivity index (χ0v) is 17.2. The summed E-state index contributed by atoms with van der Waals surface area (Å²) < 4.78 is 10.7. The van der Waals surface area contributed by atoms with Gasteiger partial charge in [0.1, 0.15) is 5.69 Å². The molecule has 0 spiro atoms. The largest absolute Gasteiger partial charge is 0.493 e. The van der Waals surface area contributed by atoms with Crippen molar-refractivity contribution in [3.8, 4) is 11.5 Å². The molecule has 0 fully saturated rings. The maximum atomic E-state index is 12.7. The molecule has 0 saturated carbocycles. The molecule has 0 aliphatic rings. The fourth-order valence-electron chi connectivity index (χ4n) is 2.63. The highest BCUT2D eigenvalue weighted by molar-refractivity contribution is 6.09. The van der Waals surface area contributed by atoms with Crippen LogP contribution in [0.3, 0.4) is 0 Å². The first-order valence-electron chi connectivity index (χ1n) is 9.18. The lowest BCUT2D eigenvalue weighted by atomic mass is 10.1. The Morgan fingerprint density at radius 3 is 2.38 bits per heavy atom. The second kappa shape index (κ2) is 10.9. The Hall–Kier alpha value is -3.32. The van der Waals surface area contributed by atoms with Crippen molar-refractivity contribution in [2.45, 2.75) is 0 Å². The number of nitrogens with one attached hydrogen (secondary N) is 2. The van der Waals surface area contributed by atoms with Gasteiger partial charge in [0, 0.05) is 19.2 Å². The molecular weight excluding hydrogens is 370 g/mol. The van der Waals surface area contributed by atoms with E-state index in [9.17, 15) is 9.59 Å². The number of ether oxygens (including phenoxy) is 2. The molecule has 0 bridgehead atoms. The Balaban J connectivity index is 2.27. The molecule has 154 valence electrons. The summed E-state index contributed by atoms with van der Waals surface area (Å²) in [6, 6.07) is 12.7. The van der Waals surface area contributed by atoms with Gasteiger partial charge in [0.2, 0.25) is 5.91 Å². The SMILES string of the molecule is COc1ccc(C(=O)NCCN(C)C)c(NC(=O)C=Cc2ccccc2)c1OC. The summed E-state index contributed by atoms with van der Waals surface area (Å²) in [5.41, 5.74) is 1.45. The number of methoxy groups -OCH3 is 2. The van der Waals surface area contributed by atoms with E-state index >= 15 is 0 Å². The van der Waals surface area contributed by atoms with Gasteiger partial charge in [-0.2, -0.15) is 0 Å². The van der Waals surface area contributed by atoms with Gasteiger partial charge in [-0.25, -0.2) is 0 Å². The van der Waals surface area contributed by atoms with Crippen LogP contribution in [0.2, 0.25) is 0 Å². The van der Waals surface area contributed by atoms with Crippen LogP contribution in [0.1, 0.15) is 15.9 Å². The topological polar surface area (TPSA) is 79.9 Å². The number of hydrogen-bond acceptors (Lipinski definition) is 5. The molecule has 0 unspecified atom stereocenters. The van der Waals surface area contributed by atoms with Crippen molar-refractivity contribution in [2.75, 3.05) is 46.7 Å². The van der Waals surface area contributed by atoms with Crippen LogP contribution in [0.5, 0.6) is 11.5 Å². The first-order valence-corrected chi connectivity index (χ1v) is 9.18. The lowest BCUT2D eigenvalue weighted by molar-refractivity contribution is -0.111. The first kappa shape index (κ1) is 22.0. The minimum atomic E-state index is -0.386. The fourth-order valence-corrected chi connectivity index (χ4v) is 2.63. The van der Waals surface area contributed by atoms with Crippen LogP contribution >= 0.6 is 0 Å². The minimum Gasteiger partial charge on any atom is -0.493 e. The van der Waals surface area contributed by atoms with E-state index < -0.39 is 0 Å². The first-order chi connectivity index (χ1) is 14.0. The third kappa shape index (κ3) is 6.36. The van der Waals surface area contributed by atoms with Gasteiger partial charge >= 0.3 is 0 Å². The monoisotopic (exact) mass is 397 g/mol. The number of benzene rings is 2. The lowest BCUT2D eigenvalue weighted by Crippen LogP contribution is -2.32. The summed E-state index contributed by atoms with van der Waals surface area (Å²) in [4.78, 5) is 27.1. The predicted octanol–water partition coefficient (Wildman–Crippen LogP) is 2.65. The molecule has 0 radical (unpaired) electrons. The molecule has 0 heterocycles. The summed E-state index contributed by atoms with van der Waals surface area (Å²) in [6.45, 7) is 1.17. The van der Waals surface area contributed by atoms with Gasteiger partial charge in [0.05, 0.1) is 19.8 Å². The number of anilines is 1. The summed E-state index contributed by atoms with van der Waals surface area (Å²) in [6.07, 6.45) is 3.10. The molecule has 2 amide bonds. The summed E-state index contributed by atoms with van der Waals surface area (Å²) >= 11 is 0. The molecule has 29 heavy (non-hydrogen) atoms. The normalized spacial score (nSPS) is 10.8. The van der Waals surface area contributed by atoms with Crippen molar-refractivity contribution < 1.29 is 19.1 Å². The maximum Gasteiger partial charge on any atom is 0.253 e. The molecule has 2 rings (SSSR count). The molecule has 0 atom stereocenters. The van der Waals surface area contributed by atoms with Gasteiger partial charge in [-0.05, 0) is 37.9 Å². The summed E-state index contributed by atoms with van der Waals surface area (Å²) in [5, 5.41) is 5.60. The summed E-state index contributed by atoms with van der Waals surface area (Å²) in [7, 11) is 6.80. The van der Waals surface area contributed by atoms with Gasteiger partial charge in [0.25, 0.3) is 5.91 Å².